The van der Waals surface area contributed by atoms with Crippen LogP contribution in [-0.2, 0) is 14.8 Å². The maximum Gasteiger partial charge on any atom is 0.260 e. The monoisotopic (exact) mass is 424 g/mol. The number of halogens is 2. The van der Waals surface area contributed by atoms with E-state index in [0.29, 0.717) is 11.8 Å². The number of carbonyl (C=O) groups excluding carboxylic acids is 1. The third kappa shape index (κ3) is 4.73. The van der Waals surface area contributed by atoms with E-state index in [1.165, 1.54) is 4.90 Å². The van der Waals surface area contributed by atoms with Crippen LogP contribution in [-0.4, -0.2) is 56.3 Å². The van der Waals surface area contributed by atoms with E-state index in [1.807, 2.05) is 26.0 Å². The molecule has 0 aliphatic carbocycles. The van der Waals surface area contributed by atoms with Crippen molar-refractivity contribution in [1.29, 1.82) is 0 Å². The smallest absolute Gasteiger partial charge is 0.260 e. The Morgan fingerprint density at radius 3 is 2.38 bits per heavy atom. The molecule has 0 spiro atoms. The van der Waals surface area contributed by atoms with Crippen molar-refractivity contribution in [1.82, 2.24) is 9.21 Å². The highest BCUT2D eigenvalue weighted by Crippen LogP contribution is 2.22. The lowest BCUT2D eigenvalue weighted by atomic mass is 10.1. The molecule has 0 unspecified atom stereocenters. The Kier molecular flexibility index (Phi) is 6.18. The van der Waals surface area contributed by atoms with Crippen LogP contribution in [0.15, 0.2) is 41.3 Å². The molecule has 2 aromatic carbocycles. The van der Waals surface area contributed by atoms with Gasteiger partial charge in [0.1, 0.15) is 22.3 Å². The lowest BCUT2D eigenvalue weighted by molar-refractivity contribution is -0.134. The Labute approximate surface area is 168 Å². The Hall–Kier alpha value is -2.52. The lowest BCUT2D eigenvalue weighted by Crippen LogP contribution is -2.51. The van der Waals surface area contributed by atoms with Crippen molar-refractivity contribution in [3.63, 3.8) is 0 Å². The highest BCUT2D eigenvalue weighted by atomic mass is 32.2. The summed E-state index contributed by atoms with van der Waals surface area (Å²) in [6.07, 6.45) is 0. The molecule has 1 fully saturated rings. The van der Waals surface area contributed by atoms with E-state index >= 15 is 0 Å². The van der Waals surface area contributed by atoms with Gasteiger partial charge < -0.3 is 9.64 Å². The molecule has 0 atom stereocenters. The van der Waals surface area contributed by atoms with Crippen LogP contribution in [0.4, 0.5) is 8.78 Å². The standard InChI is InChI=1S/C20H22F2N2O4S/c1-14-3-6-18(15(2)11-14)28-13-20(25)23-7-9-24(10-8-23)29(26,27)19-12-16(21)4-5-17(19)22/h3-6,11-12H,7-10,13H2,1-2H3. The molecule has 0 aromatic heterocycles. The zero-order valence-electron chi connectivity index (χ0n) is 16.2. The maximum atomic E-state index is 13.9. The second kappa shape index (κ2) is 8.46. The van der Waals surface area contributed by atoms with Gasteiger partial charge in [-0.3, -0.25) is 4.79 Å². The Morgan fingerprint density at radius 1 is 1.03 bits per heavy atom. The van der Waals surface area contributed by atoms with Gasteiger partial charge in [-0.2, -0.15) is 4.31 Å². The predicted octanol–water partition coefficient (Wildman–Crippen LogP) is 2.49. The summed E-state index contributed by atoms with van der Waals surface area (Å²) in [5.41, 5.74) is 2.01. The van der Waals surface area contributed by atoms with Crippen molar-refractivity contribution in [2.75, 3.05) is 32.8 Å². The first-order valence-electron chi connectivity index (χ1n) is 9.11. The molecule has 1 saturated heterocycles. The van der Waals surface area contributed by atoms with Crippen LogP contribution in [0, 0.1) is 25.5 Å². The molecule has 1 aliphatic rings. The molecule has 3 rings (SSSR count). The molecule has 0 N–H and O–H groups in total. The van der Waals surface area contributed by atoms with Crippen LogP contribution in [0.1, 0.15) is 11.1 Å². The number of nitrogens with zero attached hydrogens (tertiary/aromatic N) is 2. The van der Waals surface area contributed by atoms with Gasteiger partial charge in [-0.15, -0.1) is 0 Å². The van der Waals surface area contributed by atoms with Gasteiger partial charge in [0.15, 0.2) is 6.61 Å². The second-order valence-electron chi connectivity index (χ2n) is 6.92. The molecule has 2 aromatic rings. The quantitative estimate of drug-likeness (QED) is 0.740. The molecule has 0 radical (unpaired) electrons. The SMILES string of the molecule is Cc1ccc(OCC(=O)N2CCN(S(=O)(=O)c3cc(F)ccc3F)CC2)c(C)c1. The molecule has 1 amide bonds. The summed E-state index contributed by atoms with van der Waals surface area (Å²) >= 11 is 0. The maximum absolute atomic E-state index is 13.9. The van der Waals surface area contributed by atoms with E-state index in [-0.39, 0.29) is 38.7 Å². The third-order valence-corrected chi connectivity index (χ3v) is 6.70. The summed E-state index contributed by atoms with van der Waals surface area (Å²) in [4.78, 5) is 13.2. The number of benzene rings is 2. The number of sulfonamides is 1. The molecule has 9 heteroatoms. The van der Waals surface area contributed by atoms with Crippen LogP contribution in [0.3, 0.4) is 0 Å². The van der Waals surface area contributed by atoms with Gasteiger partial charge in [0.25, 0.3) is 5.91 Å². The van der Waals surface area contributed by atoms with Crippen LogP contribution < -0.4 is 4.74 Å². The fraction of sp³-hybridized carbons (Fsp3) is 0.350. The summed E-state index contributed by atoms with van der Waals surface area (Å²) in [5.74, 6) is -1.49. The molecule has 0 bridgehead atoms. The largest absolute Gasteiger partial charge is 0.484 e. The molecular weight excluding hydrogens is 402 g/mol. The lowest BCUT2D eigenvalue weighted by Gasteiger charge is -2.34. The van der Waals surface area contributed by atoms with E-state index < -0.39 is 26.6 Å². The fourth-order valence-electron chi connectivity index (χ4n) is 3.18. The zero-order chi connectivity index (χ0) is 21.2. The summed E-state index contributed by atoms with van der Waals surface area (Å²) in [5, 5.41) is 0. The molecule has 1 aliphatic heterocycles. The molecule has 6 nitrogen and oxygen atoms in total. The summed E-state index contributed by atoms with van der Waals surface area (Å²) in [6.45, 7) is 3.97. The first-order chi connectivity index (χ1) is 13.7. The Bertz CT molecular complexity index is 1020. The van der Waals surface area contributed by atoms with E-state index in [0.717, 1.165) is 27.6 Å². The minimum Gasteiger partial charge on any atom is -0.484 e. The summed E-state index contributed by atoms with van der Waals surface area (Å²) in [6, 6.07) is 7.96. The number of carbonyl (C=O) groups is 1. The third-order valence-electron chi connectivity index (χ3n) is 4.78. The van der Waals surface area contributed by atoms with Gasteiger partial charge >= 0.3 is 0 Å². The van der Waals surface area contributed by atoms with Gasteiger partial charge in [0, 0.05) is 26.2 Å². The minimum absolute atomic E-state index is 0.00636. The van der Waals surface area contributed by atoms with E-state index in [2.05, 4.69) is 0 Å². The molecular formula is C20H22F2N2O4S. The van der Waals surface area contributed by atoms with Crippen molar-refractivity contribution < 1.29 is 26.7 Å². The predicted molar refractivity (Wildman–Crippen MR) is 103 cm³/mol. The van der Waals surface area contributed by atoms with Crippen molar-refractivity contribution in [3.8, 4) is 5.75 Å². The number of amides is 1. The average Bonchev–Trinajstić information content (AvgIpc) is 2.69. The van der Waals surface area contributed by atoms with E-state index in [4.69, 9.17) is 4.74 Å². The first kappa shape index (κ1) is 21.2. The highest BCUT2D eigenvalue weighted by Gasteiger charge is 2.32. The first-order valence-corrected chi connectivity index (χ1v) is 10.6. The van der Waals surface area contributed by atoms with Gasteiger partial charge in [-0.1, -0.05) is 17.7 Å². The van der Waals surface area contributed by atoms with Gasteiger partial charge in [-0.05, 0) is 43.7 Å². The van der Waals surface area contributed by atoms with Crippen LogP contribution >= 0.6 is 0 Å². The zero-order valence-corrected chi connectivity index (χ0v) is 17.0. The second-order valence-corrected chi connectivity index (χ2v) is 8.82. The van der Waals surface area contributed by atoms with Crippen LogP contribution in [0.25, 0.3) is 0 Å². The Morgan fingerprint density at radius 2 is 1.72 bits per heavy atom. The van der Waals surface area contributed by atoms with E-state index in [1.54, 1.807) is 6.07 Å². The number of ether oxygens (including phenoxy) is 1. The van der Waals surface area contributed by atoms with E-state index in [9.17, 15) is 22.0 Å². The molecule has 0 saturated carbocycles. The summed E-state index contributed by atoms with van der Waals surface area (Å²) < 4.78 is 59.1. The molecule has 1 heterocycles. The summed E-state index contributed by atoms with van der Waals surface area (Å²) in [7, 11) is -4.18. The number of piperazine rings is 1. The topological polar surface area (TPSA) is 66.9 Å². The molecule has 156 valence electrons. The van der Waals surface area contributed by atoms with Crippen LogP contribution in [0.5, 0.6) is 5.75 Å². The van der Waals surface area contributed by atoms with Crippen molar-refractivity contribution in [3.05, 3.63) is 59.2 Å². The van der Waals surface area contributed by atoms with Crippen molar-refractivity contribution >= 4 is 15.9 Å². The minimum atomic E-state index is -4.18. The van der Waals surface area contributed by atoms with Crippen LogP contribution in [0.2, 0.25) is 0 Å². The van der Waals surface area contributed by atoms with Crippen molar-refractivity contribution in [2.24, 2.45) is 0 Å². The van der Waals surface area contributed by atoms with Gasteiger partial charge in [0.05, 0.1) is 0 Å². The van der Waals surface area contributed by atoms with Crippen molar-refractivity contribution in [2.45, 2.75) is 18.7 Å². The number of rotatable bonds is 5. The number of hydrogen-bond acceptors (Lipinski definition) is 4. The molecule has 29 heavy (non-hydrogen) atoms. The van der Waals surface area contributed by atoms with Gasteiger partial charge in [-0.25, -0.2) is 17.2 Å². The average molecular weight is 424 g/mol. The highest BCUT2D eigenvalue weighted by molar-refractivity contribution is 7.89. The number of hydrogen-bond donors (Lipinski definition) is 0. The normalized spacial score (nSPS) is 15.4. The van der Waals surface area contributed by atoms with Gasteiger partial charge in [0.2, 0.25) is 10.0 Å². The fourth-order valence-corrected chi connectivity index (χ4v) is 4.68. The number of aryl methyl sites for hydroxylation is 2. The Balaban J connectivity index is 1.59.